The Hall–Kier alpha value is -4.40. The molecule has 0 aliphatic heterocycles. The fourth-order valence-corrected chi connectivity index (χ4v) is 5.23. The van der Waals surface area contributed by atoms with E-state index in [2.05, 4.69) is 15.6 Å². The smallest absolute Gasteiger partial charge is 0.247 e. The number of benzene rings is 3. The highest BCUT2D eigenvalue weighted by molar-refractivity contribution is 5.89. The Balaban J connectivity index is 1.56. The van der Waals surface area contributed by atoms with Crippen LogP contribution in [0.3, 0.4) is 0 Å². The summed E-state index contributed by atoms with van der Waals surface area (Å²) < 4.78 is 12.6. The molecule has 1 heterocycles. The second-order valence-electron chi connectivity index (χ2n) is 9.74. The van der Waals surface area contributed by atoms with Crippen LogP contribution in [0.1, 0.15) is 42.9 Å². The van der Waals surface area contributed by atoms with Gasteiger partial charge in [-0.1, -0.05) is 60.5 Å². The Kier molecular flexibility index (Phi) is 8.05. The van der Waals surface area contributed by atoms with Crippen LogP contribution < -0.4 is 14.8 Å². The molecule has 1 aliphatic carbocycles. The third-order valence-electron chi connectivity index (χ3n) is 7.23. The minimum atomic E-state index is -0.895. The molecule has 1 aliphatic rings. The van der Waals surface area contributed by atoms with E-state index in [9.17, 15) is 9.59 Å². The van der Waals surface area contributed by atoms with E-state index in [-0.39, 0.29) is 30.9 Å². The van der Waals surface area contributed by atoms with Crippen LogP contribution >= 0.6 is 0 Å². The number of methoxy groups -OCH3 is 2. The summed E-state index contributed by atoms with van der Waals surface area (Å²) in [6.45, 7) is 0.0856. The van der Waals surface area contributed by atoms with Crippen molar-refractivity contribution in [2.24, 2.45) is 0 Å². The van der Waals surface area contributed by atoms with Gasteiger partial charge >= 0.3 is 0 Å². The lowest BCUT2D eigenvalue weighted by atomic mass is 10.0. The molecule has 0 radical (unpaired) electrons. The van der Waals surface area contributed by atoms with Gasteiger partial charge in [0.15, 0.2) is 0 Å². The first-order valence-corrected chi connectivity index (χ1v) is 13.2. The normalized spacial score (nSPS) is 14.2. The minimum absolute atomic E-state index is 0.0765. The Bertz CT molecular complexity index is 1450. The Morgan fingerprint density at radius 1 is 1.00 bits per heavy atom. The van der Waals surface area contributed by atoms with Crippen LogP contribution in [0.5, 0.6) is 11.5 Å². The fraction of sp³-hybridized carbons (Fsp3) is 0.333. The minimum Gasteiger partial charge on any atom is -0.497 e. The monoisotopic (exact) mass is 527 g/mol. The molecule has 1 N–H and O–H groups in total. The maximum absolute atomic E-state index is 14.2. The second-order valence-corrected chi connectivity index (χ2v) is 9.74. The average molecular weight is 528 g/mol. The molecule has 0 bridgehead atoms. The topological polar surface area (TPSA) is 98.6 Å². The number of ether oxygens (including phenoxy) is 2. The maximum Gasteiger partial charge on any atom is 0.247 e. The summed E-state index contributed by atoms with van der Waals surface area (Å²) >= 11 is 0. The van der Waals surface area contributed by atoms with Gasteiger partial charge in [0, 0.05) is 11.6 Å². The van der Waals surface area contributed by atoms with E-state index < -0.39 is 6.04 Å². The highest BCUT2D eigenvalue weighted by Gasteiger charge is 2.34. The number of nitrogens with zero attached hydrogens (tertiary/aromatic N) is 4. The Morgan fingerprint density at radius 3 is 2.56 bits per heavy atom. The second kappa shape index (κ2) is 12.0. The van der Waals surface area contributed by atoms with Gasteiger partial charge in [-0.15, -0.1) is 5.10 Å². The molecule has 0 unspecified atom stereocenters. The molecular formula is C30H33N5O4. The summed E-state index contributed by atoms with van der Waals surface area (Å²) in [5, 5.41) is 11.6. The predicted molar refractivity (Wildman–Crippen MR) is 147 cm³/mol. The first-order chi connectivity index (χ1) is 19.1. The summed E-state index contributed by atoms with van der Waals surface area (Å²) in [5.74, 6) is 0.757. The molecule has 202 valence electrons. The van der Waals surface area contributed by atoms with E-state index in [0.717, 1.165) is 36.8 Å². The maximum atomic E-state index is 14.2. The third kappa shape index (κ3) is 5.87. The van der Waals surface area contributed by atoms with Crippen molar-refractivity contribution >= 4 is 22.8 Å². The van der Waals surface area contributed by atoms with Crippen molar-refractivity contribution in [1.82, 2.24) is 25.2 Å². The van der Waals surface area contributed by atoms with Gasteiger partial charge < -0.3 is 19.7 Å². The molecule has 5 rings (SSSR count). The van der Waals surface area contributed by atoms with E-state index >= 15 is 0 Å². The van der Waals surface area contributed by atoms with Crippen molar-refractivity contribution in [2.75, 3.05) is 14.2 Å². The number of para-hydroxylation sites is 2. The van der Waals surface area contributed by atoms with Crippen LogP contribution in [0.4, 0.5) is 0 Å². The SMILES string of the molecule is COc1cccc([C@@H](C(=O)NC2CCCC2)N(Cc2ccccc2OC)C(=O)Cn2nnc3ccccc32)c1. The summed E-state index contributed by atoms with van der Waals surface area (Å²) in [7, 11) is 3.18. The molecule has 9 nitrogen and oxygen atoms in total. The highest BCUT2D eigenvalue weighted by Crippen LogP contribution is 2.30. The molecule has 0 spiro atoms. The van der Waals surface area contributed by atoms with Crippen LogP contribution in [0, 0.1) is 0 Å². The Labute approximate surface area is 227 Å². The number of carbonyl (C=O) groups excluding carboxylic acids is 2. The van der Waals surface area contributed by atoms with Crippen molar-refractivity contribution in [3.8, 4) is 11.5 Å². The summed E-state index contributed by atoms with van der Waals surface area (Å²) in [4.78, 5) is 29.8. The van der Waals surface area contributed by atoms with Crippen molar-refractivity contribution in [2.45, 2.75) is 50.9 Å². The van der Waals surface area contributed by atoms with Crippen LogP contribution in [0.15, 0.2) is 72.8 Å². The van der Waals surface area contributed by atoms with Crippen LogP contribution in [0.25, 0.3) is 11.0 Å². The number of fused-ring (bicyclic) bond motifs is 1. The zero-order valence-electron chi connectivity index (χ0n) is 22.2. The first kappa shape index (κ1) is 26.2. The van der Waals surface area contributed by atoms with Crippen LogP contribution in [0.2, 0.25) is 0 Å². The molecule has 2 amide bonds. The van der Waals surface area contributed by atoms with Gasteiger partial charge in [0.1, 0.15) is 29.6 Å². The molecule has 1 fully saturated rings. The van der Waals surface area contributed by atoms with Crippen molar-refractivity contribution < 1.29 is 19.1 Å². The fourth-order valence-electron chi connectivity index (χ4n) is 5.23. The van der Waals surface area contributed by atoms with E-state index in [4.69, 9.17) is 9.47 Å². The number of hydrogen-bond donors (Lipinski definition) is 1. The zero-order valence-corrected chi connectivity index (χ0v) is 22.2. The van der Waals surface area contributed by atoms with Gasteiger partial charge in [-0.05, 0) is 48.7 Å². The van der Waals surface area contributed by atoms with E-state index in [1.54, 1.807) is 23.8 Å². The van der Waals surface area contributed by atoms with E-state index in [1.165, 1.54) is 0 Å². The molecular weight excluding hydrogens is 494 g/mol. The summed E-state index contributed by atoms with van der Waals surface area (Å²) in [6.07, 6.45) is 4.03. The number of carbonyl (C=O) groups is 2. The number of aromatic nitrogens is 3. The van der Waals surface area contributed by atoms with Crippen molar-refractivity contribution in [3.63, 3.8) is 0 Å². The lowest BCUT2D eigenvalue weighted by molar-refractivity contribution is -0.142. The van der Waals surface area contributed by atoms with E-state index in [0.29, 0.717) is 22.6 Å². The summed E-state index contributed by atoms with van der Waals surface area (Å²) in [5.41, 5.74) is 2.90. The average Bonchev–Trinajstić information content (AvgIpc) is 3.63. The number of nitrogens with one attached hydrogen (secondary N) is 1. The molecule has 3 aromatic carbocycles. The number of amides is 2. The largest absolute Gasteiger partial charge is 0.497 e. The van der Waals surface area contributed by atoms with Crippen molar-refractivity contribution in [3.05, 3.63) is 83.9 Å². The summed E-state index contributed by atoms with van der Waals surface area (Å²) in [6, 6.07) is 21.5. The highest BCUT2D eigenvalue weighted by atomic mass is 16.5. The molecule has 1 saturated carbocycles. The van der Waals surface area contributed by atoms with Gasteiger partial charge in [-0.2, -0.15) is 0 Å². The van der Waals surface area contributed by atoms with Crippen molar-refractivity contribution in [1.29, 1.82) is 0 Å². The predicted octanol–water partition coefficient (Wildman–Crippen LogP) is 4.28. The standard InChI is InChI=1S/C30H33N5O4/c1-38-24-14-9-11-21(18-24)29(30(37)31-23-12-4-5-13-23)34(19-22-10-3-8-17-27(22)39-2)28(36)20-35-26-16-7-6-15-25(26)32-33-35/h3,6-11,14-18,23,29H,4-5,12-13,19-20H2,1-2H3,(H,31,37)/t29-/m0/s1. The van der Waals surface area contributed by atoms with Gasteiger partial charge in [0.05, 0.1) is 26.3 Å². The quantitative estimate of drug-likeness (QED) is 0.331. The molecule has 39 heavy (non-hydrogen) atoms. The molecule has 0 saturated heterocycles. The third-order valence-corrected chi connectivity index (χ3v) is 7.23. The van der Waals surface area contributed by atoms with Gasteiger partial charge in [0.25, 0.3) is 0 Å². The number of hydrogen-bond acceptors (Lipinski definition) is 6. The lowest BCUT2D eigenvalue weighted by Crippen LogP contribution is -2.46. The zero-order chi connectivity index (χ0) is 27.2. The molecule has 1 atom stereocenters. The van der Waals surface area contributed by atoms with E-state index in [1.807, 2.05) is 72.8 Å². The Morgan fingerprint density at radius 2 is 1.77 bits per heavy atom. The van der Waals surface area contributed by atoms with Crippen LogP contribution in [-0.4, -0.2) is 52.0 Å². The molecule has 9 heteroatoms. The van der Waals surface area contributed by atoms with Gasteiger partial charge in [-0.3, -0.25) is 9.59 Å². The molecule has 1 aromatic heterocycles. The van der Waals surface area contributed by atoms with Crippen LogP contribution in [-0.2, 0) is 22.7 Å². The molecule has 4 aromatic rings. The number of rotatable bonds is 10. The first-order valence-electron chi connectivity index (χ1n) is 13.2. The van der Waals surface area contributed by atoms with Gasteiger partial charge in [-0.25, -0.2) is 4.68 Å². The lowest BCUT2D eigenvalue weighted by Gasteiger charge is -2.33. The van der Waals surface area contributed by atoms with Gasteiger partial charge in [0.2, 0.25) is 11.8 Å².